The zero-order valence-corrected chi connectivity index (χ0v) is 16.7. The fraction of sp³-hybridized carbons (Fsp3) is 0.115. The fourth-order valence-electron chi connectivity index (χ4n) is 3.16. The molecule has 0 aromatic heterocycles. The van der Waals surface area contributed by atoms with Crippen LogP contribution in [0.25, 0.3) is 10.8 Å². The number of benzene rings is 4. The highest BCUT2D eigenvalue weighted by Crippen LogP contribution is 2.26. The van der Waals surface area contributed by atoms with E-state index >= 15 is 0 Å². The number of anilines is 1. The number of rotatable bonds is 7. The van der Waals surface area contributed by atoms with E-state index in [-0.39, 0.29) is 5.91 Å². The third-order valence-corrected chi connectivity index (χ3v) is 4.79. The molecule has 4 aromatic carbocycles. The van der Waals surface area contributed by atoms with Crippen LogP contribution < -0.4 is 14.8 Å². The van der Waals surface area contributed by atoms with Crippen molar-refractivity contribution in [2.45, 2.75) is 19.6 Å². The summed E-state index contributed by atoms with van der Waals surface area (Å²) in [4.78, 5) is 12.6. The highest BCUT2D eigenvalue weighted by atomic mass is 16.5. The van der Waals surface area contributed by atoms with E-state index in [9.17, 15) is 4.79 Å². The molecule has 0 aliphatic carbocycles. The van der Waals surface area contributed by atoms with Crippen molar-refractivity contribution in [3.8, 4) is 11.5 Å². The summed E-state index contributed by atoms with van der Waals surface area (Å²) < 4.78 is 11.7. The van der Waals surface area contributed by atoms with E-state index in [1.54, 1.807) is 6.92 Å². The molecule has 0 bridgehead atoms. The third-order valence-electron chi connectivity index (χ3n) is 4.79. The van der Waals surface area contributed by atoms with Crippen molar-refractivity contribution in [3.63, 3.8) is 0 Å². The van der Waals surface area contributed by atoms with Crippen molar-refractivity contribution in [2.24, 2.45) is 0 Å². The van der Waals surface area contributed by atoms with Crippen LogP contribution in [0.15, 0.2) is 97.1 Å². The Hall–Kier alpha value is -3.79. The average Bonchev–Trinajstić information content (AvgIpc) is 2.79. The largest absolute Gasteiger partial charge is 0.489 e. The zero-order valence-electron chi connectivity index (χ0n) is 16.7. The maximum atomic E-state index is 12.6. The second-order valence-corrected chi connectivity index (χ2v) is 7.03. The molecule has 0 aliphatic heterocycles. The summed E-state index contributed by atoms with van der Waals surface area (Å²) >= 11 is 0. The second kappa shape index (κ2) is 9.14. The normalized spacial score (nSPS) is 11.6. The van der Waals surface area contributed by atoms with Crippen molar-refractivity contribution in [1.82, 2.24) is 0 Å². The summed E-state index contributed by atoms with van der Waals surface area (Å²) in [6.07, 6.45) is -0.634. The standard InChI is InChI=1S/C26H23NO3/c1-19(30-25-13-7-11-21-10-5-6-12-24(21)25)26(28)27-22-14-16-23(17-15-22)29-18-20-8-3-2-4-9-20/h2-17,19H,18H2,1H3,(H,27,28). The number of hydrogen-bond donors (Lipinski definition) is 1. The molecule has 0 saturated heterocycles. The molecule has 30 heavy (non-hydrogen) atoms. The van der Waals surface area contributed by atoms with E-state index in [0.29, 0.717) is 18.0 Å². The summed E-state index contributed by atoms with van der Waals surface area (Å²) in [6, 6.07) is 31.1. The molecule has 1 amide bonds. The van der Waals surface area contributed by atoms with Gasteiger partial charge in [-0.25, -0.2) is 0 Å². The van der Waals surface area contributed by atoms with Crippen LogP contribution in [-0.4, -0.2) is 12.0 Å². The van der Waals surface area contributed by atoms with Gasteiger partial charge in [-0.2, -0.15) is 0 Å². The van der Waals surface area contributed by atoms with Crippen molar-refractivity contribution in [2.75, 3.05) is 5.32 Å². The zero-order chi connectivity index (χ0) is 20.8. The molecule has 4 aromatic rings. The predicted octanol–water partition coefficient (Wildman–Crippen LogP) is 5.82. The lowest BCUT2D eigenvalue weighted by atomic mass is 10.1. The van der Waals surface area contributed by atoms with Gasteiger partial charge in [-0.3, -0.25) is 4.79 Å². The lowest BCUT2D eigenvalue weighted by Gasteiger charge is -2.16. The van der Waals surface area contributed by atoms with Crippen molar-refractivity contribution >= 4 is 22.4 Å². The van der Waals surface area contributed by atoms with Gasteiger partial charge >= 0.3 is 0 Å². The maximum absolute atomic E-state index is 12.6. The van der Waals surface area contributed by atoms with Gasteiger partial charge in [0.05, 0.1) is 0 Å². The van der Waals surface area contributed by atoms with Crippen molar-refractivity contribution in [1.29, 1.82) is 0 Å². The van der Waals surface area contributed by atoms with Crippen LogP contribution in [0, 0.1) is 0 Å². The quantitative estimate of drug-likeness (QED) is 0.427. The molecule has 0 aliphatic rings. The Morgan fingerprint density at radius 3 is 2.33 bits per heavy atom. The van der Waals surface area contributed by atoms with E-state index in [2.05, 4.69) is 5.32 Å². The number of nitrogens with one attached hydrogen (secondary N) is 1. The van der Waals surface area contributed by atoms with E-state index in [4.69, 9.17) is 9.47 Å². The first-order valence-electron chi connectivity index (χ1n) is 9.91. The van der Waals surface area contributed by atoms with Crippen LogP contribution in [0.5, 0.6) is 11.5 Å². The van der Waals surface area contributed by atoms with Gasteiger partial charge < -0.3 is 14.8 Å². The number of ether oxygens (including phenoxy) is 2. The maximum Gasteiger partial charge on any atom is 0.265 e. The smallest absolute Gasteiger partial charge is 0.265 e. The first kappa shape index (κ1) is 19.5. The first-order chi connectivity index (χ1) is 14.7. The van der Waals surface area contributed by atoms with Crippen LogP contribution in [0.3, 0.4) is 0 Å². The molecule has 0 heterocycles. The molecule has 0 radical (unpaired) electrons. The van der Waals surface area contributed by atoms with Crippen LogP contribution >= 0.6 is 0 Å². The fourth-order valence-corrected chi connectivity index (χ4v) is 3.16. The molecule has 150 valence electrons. The summed E-state index contributed by atoms with van der Waals surface area (Å²) in [5, 5.41) is 4.95. The molecule has 0 spiro atoms. The number of fused-ring (bicyclic) bond motifs is 1. The Kier molecular flexibility index (Phi) is 5.95. The monoisotopic (exact) mass is 397 g/mol. The van der Waals surface area contributed by atoms with Gasteiger partial charge in [0.15, 0.2) is 6.10 Å². The molecular weight excluding hydrogens is 374 g/mol. The Bertz CT molecular complexity index is 1120. The minimum Gasteiger partial charge on any atom is -0.489 e. The van der Waals surface area contributed by atoms with Gasteiger partial charge in [-0.05, 0) is 48.2 Å². The highest BCUT2D eigenvalue weighted by Gasteiger charge is 2.16. The topological polar surface area (TPSA) is 47.6 Å². The van der Waals surface area contributed by atoms with Crippen molar-refractivity contribution in [3.05, 3.63) is 103 Å². The molecule has 4 heteroatoms. The SMILES string of the molecule is CC(Oc1cccc2ccccc12)C(=O)Nc1ccc(OCc2ccccc2)cc1. The highest BCUT2D eigenvalue weighted by molar-refractivity contribution is 5.95. The molecule has 1 unspecified atom stereocenters. The minimum atomic E-state index is -0.634. The lowest BCUT2D eigenvalue weighted by molar-refractivity contribution is -0.122. The Morgan fingerprint density at radius 2 is 1.53 bits per heavy atom. The summed E-state index contributed by atoms with van der Waals surface area (Å²) in [5.74, 6) is 1.23. The summed E-state index contributed by atoms with van der Waals surface area (Å²) in [5.41, 5.74) is 1.80. The molecule has 1 atom stereocenters. The number of carbonyl (C=O) groups is 1. The van der Waals surface area contributed by atoms with E-state index in [1.807, 2.05) is 97.1 Å². The van der Waals surface area contributed by atoms with E-state index in [0.717, 1.165) is 22.1 Å². The predicted molar refractivity (Wildman–Crippen MR) is 120 cm³/mol. The van der Waals surface area contributed by atoms with Gasteiger partial charge in [-0.1, -0.05) is 66.7 Å². The van der Waals surface area contributed by atoms with Crippen LogP contribution in [0.1, 0.15) is 12.5 Å². The molecule has 4 rings (SSSR count). The van der Waals surface area contributed by atoms with Crippen molar-refractivity contribution < 1.29 is 14.3 Å². The van der Waals surface area contributed by atoms with Gasteiger partial charge in [0.1, 0.15) is 18.1 Å². The van der Waals surface area contributed by atoms with Gasteiger partial charge in [0.25, 0.3) is 5.91 Å². The van der Waals surface area contributed by atoms with Crippen LogP contribution in [0.4, 0.5) is 5.69 Å². The number of hydrogen-bond acceptors (Lipinski definition) is 3. The molecule has 4 nitrogen and oxygen atoms in total. The van der Waals surface area contributed by atoms with Gasteiger partial charge in [0, 0.05) is 11.1 Å². The van der Waals surface area contributed by atoms with Crippen LogP contribution in [-0.2, 0) is 11.4 Å². The lowest BCUT2D eigenvalue weighted by Crippen LogP contribution is -2.30. The molecule has 0 fully saturated rings. The number of carbonyl (C=O) groups excluding carboxylic acids is 1. The Balaban J connectivity index is 1.35. The minimum absolute atomic E-state index is 0.208. The van der Waals surface area contributed by atoms with Gasteiger partial charge in [-0.15, -0.1) is 0 Å². The Morgan fingerprint density at radius 1 is 0.833 bits per heavy atom. The van der Waals surface area contributed by atoms with Gasteiger partial charge in [0.2, 0.25) is 0 Å². The van der Waals surface area contributed by atoms with E-state index < -0.39 is 6.10 Å². The summed E-state index contributed by atoms with van der Waals surface area (Å²) in [7, 11) is 0. The first-order valence-corrected chi connectivity index (χ1v) is 9.91. The third kappa shape index (κ3) is 4.78. The molecule has 1 N–H and O–H groups in total. The molecule has 0 saturated carbocycles. The number of amides is 1. The Labute approximate surface area is 176 Å². The second-order valence-electron chi connectivity index (χ2n) is 7.03. The summed E-state index contributed by atoms with van der Waals surface area (Å²) in [6.45, 7) is 2.25. The average molecular weight is 397 g/mol. The van der Waals surface area contributed by atoms with E-state index in [1.165, 1.54) is 0 Å². The molecular formula is C26H23NO3. The van der Waals surface area contributed by atoms with Crippen LogP contribution in [0.2, 0.25) is 0 Å².